The van der Waals surface area contributed by atoms with Crippen LogP contribution in [0.1, 0.15) is 53.5 Å². The van der Waals surface area contributed by atoms with Gasteiger partial charge in [-0.15, -0.1) is 0 Å². The van der Waals surface area contributed by atoms with Gasteiger partial charge in [-0.25, -0.2) is 24.0 Å². The van der Waals surface area contributed by atoms with Gasteiger partial charge in [0, 0.05) is 51.5 Å². The van der Waals surface area contributed by atoms with Gasteiger partial charge in [-0.05, 0) is 46.9 Å². The normalized spacial score (nSPS) is 10.9. The number of nitrogens with one attached hydrogen (secondary N) is 4. The smallest absolute Gasteiger partial charge is 0.409 e. The predicted molar refractivity (Wildman–Crippen MR) is 258 cm³/mol. The molecule has 18 nitrogen and oxygen atoms in total. The quantitative estimate of drug-likeness (QED) is 0.0198. The predicted octanol–water partition coefficient (Wildman–Crippen LogP) is 7.23. The Hall–Kier alpha value is -8.50. The molecule has 366 valence electrons. The number of carbonyl (C=O) groups excluding carboxylic acids is 7. The molecule has 0 saturated carbocycles. The zero-order valence-corrected chi connectivity index (χ0v) is 38.8. The van der Waals surface area contributed by atoms with Crippen molar-refractivity contribution < 1.29 is 52.5 Å². The maximum atomic E-state index is 14.7. The number of benzene rings is 5. The Morgan fingerprint density at radius 2 is 0.886 bits per heavy atom. The van der Waals surface area contributed by atoms with Crippen LogP contribution in [0.25, 0.3) is 0 Å². The number of rotatable bonds is 25. The Labute approximate surface area is 406 Å². The fraction of sp³-hybridized carbons (Fsp3) is 0.288. The monoisotopic (exact) mass is 955 g/mol. The lowest BCUT2D eigenvalue weighted by atomic mass is 9.91. The number of likely N-dealkylation sites (N-methyl/N-ethyl adjacent to an activating group) is 1. The minimum Gasteiger partial charge on any atom is -0.445 e. The van der Waals surface area contributed by atoms with Crippen molar-refractivity contribution in [2.45, 2.75) is 58.3 Å². The molecular formula is C52H57N7O11. The highest BCUT2D eigenvalue weighted by molar-refractivity contribution is 5.81. The third-order valence-electron chi connectivity index (χ3n) is 10.6. The van der Waals surface area contributed by atoms with E-state index < -0.39 is 42.4 Å². The van der Waals surface area contributed by atoms with E-state index in [1.807, 2.05) is 60.7 Å². The first-order chi connectivity index (χ1) is 34.1. The highest BCUT2D eigenvalue weighted by Gasteiger charge is 2.28. The lowest BCUT2D eigenvalue weighted by Crippen LogP contribution is -2.56. The molecule has 0 heterocycles. The number of carbonyl (C=O) groups is 6. The third-order valence-corrected chi connectivity index (χ3v) is 10.6. The van der Waals surface area contributed by atoms with Gasteiger partial charge >= 0.3 is 24.4 Å². The highest BCUT2D eigenvalue weighted by Crippen LogP contribution is 2.28. The molecular weight excluding hydrogens is 899 g/mol. The van der Waals surface area contributed by atoms with Crippen LogP contribution in [0.5, 0.6) is 0 Å². The third kappa shape index (κ3) is 19.4. The van der Waals surface area contributed by atoms with E-state index >= 15 is 0 Å². The number of nitrogens with zero attached hydrogens (tertiary/aromatic N) is 3. The summed E-state index contributed by atoms with van der Waals surface area (Å²) in [6.45, 7) is 1.58. The molecule has 0 aromatic heterocycles. The molecule has 18 heteroatoms. The number of aliphatic imine (C=N–C) groups is 1. The van der Waals surface area contributed by atoms with E-state index in [0.717, 1.165) is 11.1 Å². The van der Waals surface area contributed by atoms with Gasteiger partial charge in [0.2, 0.25) is 17.9 Å². The molecule has 0 bridgehead atoms. The topological polar surface area (TPSA) is 223 Å². The Morgan fingerprint density at radius 3 is 1.27 bits per heavy atom. The minimum atomic E-state index is -1.29. The Bertz CT molecular complexity index is 2400. The zero-order valence-electron chi connectivity index (χ0n) is 38.8. The number of amides is 6. The van der Waals surface area contributed by atoms with E-state index in [-0.39, 0.29) is 84.4 Å². The van der Waals surface area contributed by atoms with Crippen molar-refractivity contribution in [3.63, 3.8) is 0 Å². The minimum absolute atomic E-state index is 0.00272. The molecule has 0 aliphatic carbocycles. The molecule has 5 rings (SSSR count). The number of isocyanates is 1. The molecule has 0 fully saturated rings. The lowest BCUT2D eigenvalue weighted by molar-refractivity contribution is -0.133. The van der Waals surface area contributed by atoms with Crippen LogP contribution in [-0.2, 0) is 59.8 Å². The molecule has 0 spiro atoms. The molecule has 0 radical (unpaired) electrons. The maximum Gasteiger partial charge on any atom is 0.409 e. The van der Waals surface area contributed by atoms with Gasteiger partial charge in [-0.2, -0.15) is 4.99 Å². The number of hydrogen-bond acceptors (Lipinski definition) is 12. The summed E-state index contributed by atoms with van der Waals surface area (Å²) in [7, 11) is 0. The summed E-state index contributed by atoms with van der Waals surface area (Å²) in [6.07, 6.45) is -3.45. The molecule has 5 aromatic carbocycles. The van der Waals surface area contributed by atoms with Crippen LogP contribution < -0.4 is 21.3 Å². The second-order valence-corrected chi connectivity index (χ2v) is 15.7. The molecule has 0 saturated heterocycles. The van der Waals surface area contributed by atoms with Crippen LogP contribution in [0.4, 0.5) is 24.9 Å². The first-order valence-corrected chi connectivity index (χ1v) is 22.6. The van der Waals surface area contributed by atoms with Gasteiger partial charge in [-0.3, -0.25) is 20.2 Å². The average molecular weight is 956 g/mol. The van der Waals surface area contributed by atoms with Crippen LogP contribution in [0.15, 0.2) is 151 Å². The molecule has 6 amide bonds. The molecule has 4 N–H and O–H groups in total. The van der Waals surface area contributed by atoms with Gasteiger partial charge in [0.15, 0.2) is 0 Å². The van der Waals surface area contributed by atoms with Crippen LogP contribution in [0, 0.1) is 0 Å². The Balaban J connectivity index is 1.34. The van der Waals surface area contributed by atoms with E-state index in [4.69, 9.17) is 18.9 Å². The standard InChI is InChI=1S/C52H57N7O11/c1-2-58(29-27-53-49(63)67-34-39-15-7-3-8-16-39)47(61)31-44(43-23-25-45(26-24-43)55-38-60)32-48(62)59(30-28-54-50(64)68-35-40-17-9-4-10-18-40)33-46(56-51(65)69-36-41-19-11-5-12-20-41)57-52(66)70-37-42-21-13-6-14-22-42/h3-26,44,46H,2,27-37H2,1H3,(H,53,63)(H,54,64)(H,56,65)(H,57,66). The van der Waals surface area contributed by atoms with Crippen molar-refractivity contribution in [1.29, 1.82) is 0 Å². The molecule has 1 unspecified atom stereocenters. The lowest BCUT2D eigenvalue weighted by Gasteiger charge is -2.30. The van der Waals surface area contributed by atoms with Crippen molar-refractivity contribution in [3.05, 3.63) is 173 Å². The van der Waals surface area contributed by atoms with Crippen LogP contribution in [-0.4, -0.2) is 97.5 Å². The van der Waals surface area contributed by atoms with Crippen molar-refractivity contribution in [1.82, 2.24) is 31.1 Å². The molecule has 0 aliphatic heterocycles. The maximum absolute atomic E-state index is 14.7. The summed E-state index contributed by atoms with van der Waals surface area (Å²) >= 11 is 0. The number of hydrogen-bond donors (Lipinski definition) is 4. The Morgan fingerprint density at radius 1 is 0.514 bits per heavy atom. The summed E-state index contributed by atoms with van der Waals surface area (Å²) in [5.74, 6) is -1.61. The van der Waals surface area contributed by atoms with Crippen molar-refractivity contribution in [3.8, 4) is 0 Å². The average Bonchev–Trinajstić information content (AvgIpc) is 3.38. The van der Waals surface area contributed by atoms with Crippen LogP contribution in [0.3, 0.4) is 0 Å². The second kappa shape index (κ2) is 29.3. The largest absolute Gasteiger partial charge is 0.445 e. The van der Waals surface area contributed by atoms with Gasteiger partial charge in [0.1, 0.15) is 32.6 Å². The van der Waals surface area contributed by atoms with Gasteiger partial charge in [-0.1, -0.05) is 133 Å². The van der Waals surface area contributed by atoms with E-state index in [0.29, 0.717) is 22.4 Å². The molecule has 70 heavy (non-hydrogen) atoms. The van der Waals surface area contributed by atoms with E-state index in [1.54, 1.807) is 91.9 Å². The van der Waals surface area contributed by atoms with Gasteiger partial charge in [0.05, 0.1) is 12.2 Å². The summed E-state index contributed by atoms with van der Waals surface area (Å²) < 4.78 is 21.6. The van der Waals surface area contributed by atoms with Crippen LogP contribution in [0.2, 0.25) is 0 Å². The summed E-state index contributed by atoms with van der Waals surface area (Å²) in [4.78, 5) is 98.1. The molecule has 5 aromatic rings. The summed E-state index contributed by atoms with van der Waals surface area (Å²) in [5.41, 5.74) is 3.86. The van der Waals surface area contributed by atoms with Gasteiger partial charge < -0.3 is 39.4 Å². The van der Waals surface area contributed by atoms with E-state index in [9.17, 15) is 33.6 Å². The highest BCUT2D eigenvalue weighted by atomic mass is 16.6. The van der Waals surface area contributed by atoms with Crippen molar-refractivity contribution in [2.75, 3.05) is 39.3 Å². The summed E-state index contributed by atoms with van der Waals surface area (Å²) in [5, 5.41) is 10.6. The molecule has 1 atom stereocenters. The fourth-order valence-corrected chi connectivity index (χ4v) is 6.93. The first kappa shape index (κ1) is 52.5. The fourth-order valence-electron chi connectivity index (χ4n) is 6.93. The number of ether oxygens (including phenoxy) is 4. The van der Waals surface area contributed by atoms with Crippen molar-refractivity contribution in [2.24, 2.45) is 4.99 Å². The van der Waals surface area contributed by atoms with Crippen LogP contribution >= 0.6 is 0 Å². The van der Waals surface area contributed by atoms with E-state index in [1.165, 1.54) is 15.9 Å². The summed E-state index contributed by atoms with van der Waals surface area (Å²) in [6, 6.07) is 42.5. The SMILES string of the molecule is CCN(CCNC(=O)OCc1ccccc1)C(=O)CC(CC(=O)N(CCNC(=O)OCc1ccccc1)CC(NC(=O)OCc1ccccc1)NC(=O)OCc1ccccc1)c1ccc(N=C=O)cc1. The Kier molecular flexibility index (Phi) is 22.0. The zero-order chi connectivity index (χ0) is 49.8. The van der Waals surface area contributed by atoms with Gasteiger partial charge in [0.25, 0.3) is 0 Å². The van der Waals surface area contributed by atoms with E-state index in [2.05, 4.69) is 26.3 Å². The first-order valence-electron chi connectivity index (χ1n) is 22.6. The number of alkyl carbamates (subject to hydrolysis) is 4. The molecule has 0 aliphatic rings. The second-order valence-electron chi connectivity index (χ2n) is 15.7. The van der Waals surface area contributed by atoms with Crippen molar-refractivity contribution >= 4 is 48.0 Å².